The quantitative estimate of drug-likeness (QED) is 0.798. The second-order valence-electron chi connectivity index (χ2n) is 4.51. The Morgan fingerprint density at radius 2 is 1.68 bits per heavy atom. The van der Waals surface area contributed by atoms with Crippen molar-refractivity contribution in [2.75, 3.05) is 21.6 Å². The molecule has 2 amide bonds. The molecule has 0 aliphatic carbocycles. The molecule has 0 aliphatic rings. The number of hydrogen-bond acceptors (Lipinski definition) is 3. The molecular formula is C14H14ClN3O3S. The highest BCUT2D eigenvalue weighted by Crippen LogP contribution is 2.21. The average Bonchev–Trinajstić information content (AvgIpc) is 2.40. The Bertz CT molecular complexity index is 793. The number of benzene rings is 2. The first-order chi connectivity index (χ1) is 10.3. The molecule has 2 aromatic carbocycles. The molecule has 0 heterocycles. The Kier molecular flexibility index (Phi) is 4.89. The van der Waals surface area contributed by atoms with Crippen LogP contribution >= 0.6 is 11.6 Å². The predicted octanol–water partition coefficient (Wildman–Crippen LogP) is 3.36. The number of hydrogen-bond donors (Lipinski definition) is 3. The minimum absolute atomic E-state index is 0.359. The predicted molar refractivity (Wildman–Crippen MR) is 89.0 cm³/mol. The van der Waals surface area contributed by atoms with Crippen LogP contribution in [-0.4, -0.2) is 20.7 Å². The van der Waals surface area contributed by atoms with E-state index in [1.165, 1.54) is 6.07 Å². The van der Waals surface area contributed by atoms with Crippen LogP contribution < -0.4 is 15.4 Å². The second kappa shape index (κ2) is 6.67. The molecule has 0 aliphatic heterocycles. The lowest BCUT2D eigenvalue weighted by molar-refractivity contribution is 0.262. The summed E-state index contributed by atoms with van der Waals surface area (Å²) in [5, 5.41) is 5.63. The topological polar surface area (TPSA) is 87.3 Å². The highest BCUT2D eigenvalue weighted by molar-refractivity contribution is 7.92. The van der Waals surface area contributed by atoms with Crippen LogP contribution in [0.3, 0.4) is 0 Å². The molecule has 0 saturated carbocycles. The summed E-state index contributed by atoms with van der Waals surface area (Å²) in [4.78, 5) is 11.9. The van der Waals surface area contributed by atoms with Gasteiger partial charge in [-0.15, -0.1) is 0 Å². The van der Waals surface area contributed by atoms with Crippen LogP contribution in [0.4, 0.5) is 21.9 Å². The van der Waals surface area contributed by atoms with E-state index < -0.39 is 16.1 Å². The number of halogens is 1. The van der Waals surface area contributed by atoms with Crippen molar-refractivity contribution >= 4 is 44.7 Å². The molecule has 6 nitrogen and oxygen atoms in total. The summed E-state index contributed by atoms with van der Waals surface area (Å²) in [6.45, 7) is 0. The number of nitrogens with one attached hydrogen (secondary N) is 3. The standard InChI is InChI=1S/C14H14ClN3O3S/c1-22(20,21)18-11-6-4-5-10(9-11)16-14(19)17-13-8-3-2-7-12(13)15/h2-9,18H,1H3,(H2,16,17,19). The lowest BCUT2D eigenvalue weighted by Crippen LogP contribution is -2.19. The first-order valence-electron chi connectivity index (χ1n) is 6.24. The van der Waals surface area contributed by atoms with Gasteiger partial charge >= 0.3 is 6.03 Å². The van der Waals surface area contributed by atoms with E-state index in [-0.39, 0.29) is 0 Å². The summed E-state index contributed by atoms with van der Waals surface area (Å²) in [6.07, 6.45) is 1.05. The fraction of sp³-hybridized carbons (Fsp3) is 0.0714. The normalized spacial score (nSPS) is 10.8. The Labute approximate surface area is 133 Å². The molecule has 2 aromatic rings. The van der Waals surface area contributed by atoms with E-state index in [0.29, 0.717) is 22.1 Å². The third kappa shape index (κ3) is 4.94. The third-order valence-electron chi connectivity index (χ3n) is 2.55. The van der Waals surface area contributed by atoms with Crippen LogP contribution in [0.5, 0.6) is 0 Å². The molecule has 0 bridgehead atoms. The van der Waals surface area contributed by atoms with Gasteiger partial charge in [-0.3, -0.25) is 4.72 Å². The summed E-state index contributed by atoms with van der Waals surface area (Å²) in [5.74, 6) is 0. The molecule has 0 aromatic heterocycles. The van der Waals surface area contributed by atoms with E-state index in [2.05, 4.69) is 15.4 Å². The molecule has 0 saturated heterocycles. The Morgan fingerprint density at radius 1 is 1.00 bits per heavy atom. The molecule has 116 valence electrons. The minimum Gasteiger partial charge on any atom is -0.308 e. The zero-order valence-corrected chi connectivity index (χ0v) is 13.2. The van der Waals surface area contributed by atoms with E-state index in [9.17, 15) is 13.2 Å². The number of sulfonamides is 1. The van der Waals surface area contributed by atoms with Gasteiger partial charge in [0, 0.05) is 5.69 Å². The van der Waals surface area contributed by atoms with Gasteiger partial charge in [0.25, 0.3) is 0 Å². The Hall–Kier alpha value is -2.25. The van der Waals surface area contributed by atoms with Crippen LogP contribution in [-0.2, 0) is 10.0 Å². The van der Waals surface area contributed by atoms with Crippen molar-refractivity contribution in [1.29, 1.82) is 0 Å². The third-order valence-corrected chi connectivity index (χ3v) is 3.48. The average molecular weight is 340 g/mol. The van der Waals surface area contributed by atoms with Gasteiger partial charge in [0.2, 0.25) is 10.0 Å². The maximum absolute atomic E-state index is 11.9. The molecule has 0 atom stereocenters. The van der Waals surface area contributed by atoms with Crippen LogP contribution in [0.2, 0.25) is 5.02 Å². The van der Waals surface area contributed by atoms with E-state index in [1.54, 1.807) is 42.5 Å². The zero-order chi connectivity index (χ0) is 16.2. The van der Waals surface area contributed by atoms with Crippen molar-refractivity contribution in [3.05, 3.63) is 53.6 Å². The van der Waals surface area contributed by atoms with Gasteiger partial charge in [-0.2, -0.15) is 0 Å². The SMILES string of the molecule is CS(=O)(=O)Nc1cccc(NC(=O)Nc2ccccc2Cl)c1. The van der Waals surface area contributed by atoms with Crippen molar-refractivity contribution in [3.8, 4) is 0 Å². The molecule has 0 fully saturated rings. The Morgan fingerprint density at radius 3 is 2.36 bits per heavy atom. The lowest BCUT2D eigenvalue weighted by atomic mass is 10.3. The maximum atomic E-state index is 11.9. The van der Waals surface area contributed by atoms with E-state index in [0.717, 1.165) is 6.26 Å². The van der Waals surface area contributed by atoms with E-state index in [4.69, 9.17) is 11.6 Å². The van der Waals surface area contributed by atoms with Gasteiger partial charge < -0.3 is 10.6 Å². The number of carbonyl (C=O) groups is 1. The van der Waals surface area contributed by atoms with E-state index >= 15 is 0 Å². The summed E-state index contributed by atoms with van der Waals surface area (Å²) < 4.78 is 24.7. The van der Waals surface area contributed by atoms with Gasteiger partial charge in [-0.25, -0.2) is 13.2 Å². The van der Waals surface area contributed by atoms with Crippen molar-refractivity contribution in [2.45, 2.75) is 0 Å². The maximum Gasteiger partial charge on any atom is 0.323 e. The van der Waals surface area contributed by atoms with Crippen molar-refractivity contribution in [2.24, 2.45) is 0 Å². The molecule has 2 rings (SSSR count). The highest BCUT2D eigenvalue weighted by atomic mass is 35.5. The molecule has 0 spiro atoms. The summed E-state index contributed by atoms with van der Waals surface area (Å²) >= 11 is 5.95. The number of amides is 2. The monoisotopic (exact) mass is 339 g/mol. The summed E-state index contributed by atoms with van der Waals surface area (Å²) in [7, 11) is -3.37. The number of carbonyl (C=O) groups excluding carboxylic acids is 1. The van der Waals surface area contributed by atoms with Crippen molar-refractivity contribution in [1.82, 2.24) is 0 Å². The Balaban J connectivity index is 2.06. The number of urea groups is 1. The highest BCUT2D eigenvalue weighted by Gasteiger charge is 2.07. The molecular weight excluding hydrogens is 326 g/mol. The first kappa shape index (κ1) is 16.1. The molecule has 22 heavy (non-hydrogen) atoms. The molecule has 0 radical (unpaired) electrons. The van der Waals surface area contributed by atoms with Gasteiger partial charge in [0.1, 0.15) is 0 Å². The van der Waals surface area contributed by atoms with Gasteiger partial charge in [0.15, 0.2) is 0 Å². The van der Waals surface area contributed by atoms with Gasteiger partial charge in [-0.1, -0.05) is 29.8 Å². The minimum atomic E-state index is -3.37. The van der Waals surface area contributed by atoms with Gasteiger partial charge in [0.05, 0.1) is 22.7 Å². The van der Waals surface area contributed by atoms with Gasteiger partial charge in [-0.05, 0) is 30.3 Å². The van der Waals surface area contributed by atoms with Crippen LogP contribution in [0, 0.1) is 0 Å². The number of anilines is 3. The summed E-state index contributed by atoms with van der Waals surface area (Å²) in [6, 6.07) is 12.7. The second-order valence-corrected chi connectivity index (χ2v) is 6.67. The zero-order valence-electron chi connectivity index (χ0n) is 11.6. The molecule has 0 unspecified atom stereocenters. The lowest BCUT2D eigenvalue weighted by Gasteiger charge is -2.10. The number of rotatable bonds is 4. The van der Waals surface area contributed by atoms with Crippen molar-refractivity contribution in [3.63, 3.8) is 0 Å². The fourth-order valence-electron chi connectivity index (χ4n) is 1.72. The van der Waals surface area contributed by atoms with Crippen molar-refractivity contribution < 1.29 is 13.2 Å². The first-order valence-corrected chi connectivity index (χ1v) is 8.51. The fourth-order valence-corrected chi connectivity index (χ4v) is 2.46. The molecule has 8 heteroatoms. The number of para-hydroxylation sites is 1. The van der Waals surface area contributed by atoms with Crippen LogP contribution in [0.15, 0.2) is 48.5 Å². The summed E-state index contributed by atoms with van der Waals surface area (Å²) in [5.41, 5.74) is 1.28. The smallest absolute Gasteiger partial charge is 0.308 e. The largest absolute Gasteiger partial charge is 0.323 e. The van der Waals surface area contributed by atoms with Crippen LogP contribution in [0.25, 0.3) is 0 Å². The molecule has 3 N–H and O–H groups in total. The van der Waals surface area contributed by atoms with Crippen LogP contribution in [0.1, 0.15) is 0 Å². The van der Waals surface area contributed by atoms with E-state index in [1.807, 2.05) is 0 Å².